The molecule has 2 rings (SSSR count). The van der Waals surface area contributed by atoms with Crippen LogP contribution in [0.4, 0.5) is 0 Å². The first-order valence-corrected chi connectivity index (χ1v) is 9.07. The Labute approximate surface area is 136 Å². The van der Waals surface area contributed by atoms with Crippen LogP contribution in [-0.4, -0.2) is 37.2 Å². The molecule has 1 amide bonds. The third-order valence-electron chi connectivity index (χ3n) is 4.41. The van der Waals surface area contributed by atoms with E-state index in [-0.39, 0.29) is 11.3 Å². The third-order valence-corrected chi connectivity index (χ3v) is 5.32. The molecule has 0 atom stereocenters. The quantitative estimate of drug-likeness (QED) is 0.683. The van der Waals surface area contributed by atoms with Crippen molar-refractivity contribution in [2.45, 2.75) is 45.4 Å². The first-order valence-electron chi connectivity index (χ1n) is 8.19. The van der Waals surface area contributed by atoms with Gasteiger partial charge in [-0.05, 0) is 38.1 Å². The normalized spacial score (nSPS) is 16.8. The molecule has 5 nitrogen and oxygen atoms in total. The van der Waals surface area contributed by atoms with Gasteiger partial charge in [0.2, 0.25) is 0 Å². The number of thiazole rings is 1. The fraction of sp³-hybridized carbons (Fsp3) is 0.750. The van der Waals surface area contributed by atoms with Gasteiger partial charge in [0.05, 0.1) is 5.01 Å². The molecule has 22 heavy (non-hydrogen) atoms. The van der Waals surface area contributed by atoms with Gasteiger partial charge in [0.25, 0.3) is 5.91 Å². The minimum atomic E-state index is -0.0674. The highest BCUT2D eigenvalue weighted by atomic mass is 32.1. The van der Waals surface area contributed by atoms with Crippen LogP contribution in [-0.2, 0) is 11.2 Å². The number of nitrogens with one attached hydrogen (secondary N) is 1. The molecule has 1 fully saturated rings. The van der Waals surface area contributed by atoms with Crippen molar-refractivity contribution in [3.8, 4) is 0 Å². The minimum absolute atomic E-state index is 0.0674. The van der Waals surface area contributed by atoms with Crippen molar-refractivity contribution in [1.82, 2.24) is 10.3 Å². The molecule has 0 aromatic carbocycles. The first kappa shape index (κ1) is 17.4. The molecular formula is C16H27N3O2S. The van der Waals surface area contributed by atoms with Crippen molar-refractivity contribution in [1.29, 1.82) is 0 Å². The number of amides is 1. The zero-order valence-electron chi connectivity index (χ0n) is 13.4. The molecule has 124 valence electrons. The summed E-state index contributed by atoms with van der Waals surface area (Å²) in [5, 5.41) is 5.83. The van der Waals surface area contributed by atoms with Crippen LogP contribution in [0.15, 0.2) is 5.38 Å². The van der Waals surface area contributed by atoms with Gasteiger partial charge < -0.3 is 15.8 Å². The summed E-state index contributed by atoms with van der Waals surface area (Å²) in [6, 6.07) is 0. The molecule has 1 aliphatic carbocycles. The van der Waals surface area contributed by atoms with Crippen molar-refractivity contribution in [2.75, 3.05) is 26.3 Å². The maximum absolute atomic E-state index is 12.3. The third kappa shape index (κ3) is 4.76. The molecule has 0 unspecified atom stereocenters. The molecule has 3 N–H and O–H groups in total. The molecule has 0 spiro atoms. The SMILES string of the molecule is CCOCCC1(CNC(=O)c2csc(CCN)n2)CCCC1. The number of ether oxygens (including phenoxy) is 1. The fourth-order valence-corrected chi connectivity index (χ4v) is 3.88. The van der Waals surface area contributed by atoms with Crippen molar-refractivity contribution in [3.63, 3.8) is 0 Å². The number of hydrogen-bond donors (Lipinski definition) is 2. The number of carbonyl (C=O) groups excluding carboxylic acids is 1. The summed E-state index contributed by atoms with van der Waals surface area (Å²) in [6.07, 6.45) is 6.61. The average Bonchev–Trinajstić information content (AvgIpc) is 3.16. The molecule has 0 radical (unpaired) electrons. The number of rotatable bonds is 9. The van der Waals surface area contributed by atoms with Crippen LogP contribution in [0.25, 0.3) is 0 Å². The monoisotopic (exact) mass is 325 g/mol. The predicted octanol–water partition coefficient (Wildman–Crippen LogP) is 2.36. The van der Waals surface area contributed by atoms with Crippen LogP contribution < -0.4 is 11.1 Å². The number of nitrogens with two attached hydrogens (primary N) is 1. The van der Waals surface area contributed by atoms with E-state index in [1.165, 1.54) is 37.0 Å². The van der Waals surface area contributed by atoms with Crippen molar-refractivity contribution >= 4 is 17.2 Å². The van der Waals surface area contributed by atoms with Crippen molar-refractivity contribution < 1.29 is 9.53 Å². The lowest BCUT2D eigenvalue weighted by atomic mass is 9.83. The Bertz CT molecular complexity index is 470. The zero-order chi connectivity index (χ0) is 15.8. The van der Waals surface area contributed by atoms with Gasteiger partial charge in [0.15, 0.2) is 0 Å². The van der Waals surface area contributed by atoms with E-state index < -0.39 is 0 Å². The largest absolute Gasteiger partial charge is 0.382 e. The lowest BCUT2D eigenvalue weighted by Crippen LogP contribution is -2.37. The summed E-state index contributed by atoms with van der Waals surface area (Å²) in [5.74, 6) is -0.0674. The van der Waals surface area contributed by atoms with Crippen LogP contribution in [0.1, 0.15) is 54.5 Å². The second kappa shape index (κ2) is 8.60. The number of hydrogen-bond acceptors (Lipinski definition) is 5. The van der Waals surface area contributed by atoms with Crippen molar-refractivity contribution in [3.05, 3.63) is 16.1 Å². The van der Waals surface area contributed by atoms with Gasteiger partial charge >= 0.3 is 0 Å². The Balaban J connectivity index is 1.86. The summed E-state index contributed by atoms with van der Waals surface area (Å²) in [6.45, 7) is 4.84. The second-order valence-corrected chi connectivity index (χ2v) is 6.94. The van der Waals surface area contributed by atoms with E-state index >= 15 is 0 Å². The van der Waals surface area contributed by atoms with Crippen LogP contribution in [0.2, 0.25) is 0 Å². The Morgan fingerprint density at radius 1 is 1.50 bits per heavy atom. The van der Waals surface area contributed by atoms with Gasteiger partial charge in [-0.15, -0.1) is 11.3 Å². The summed E-state index contributed by atoms with van der Waals surface area (Å²) in [4.78, 5) is 16.6. The number of nitrogens with zero attached hydrogens (tertiary/aromatic N) is 1. The van der Waals surface area contributed by atoms with Gasteiger partial charge in [-0.1, -0.05) is 12.8 Å². The molecule has 1 heterocycles. The van der Waals surface area contributed by atoms with Crippen LogP contribution in [0.5, 0.6) is 0 Å². The summed E-state index contributed by atoms with van der Waals surface area (Å²) in [7, 11) is 0. The molecule has 6 heteroatoms. The molecule has 0 bridgehead atoms. The van der Waals surface area contributed by atoms with E-state index in [9.17, 15) is 4.79 Å². The zero-order valence-corrected chi connectivity index (χ0v) is 14.2. The van der Waals surface area contributed by atoms with Gasteiger partial charge in [-0.2, -0.15) is 0 Å². The highest BCUT2D eigenvalue weighted by Gasteiger charge is 2.34. The maximum atomic E-state index is 12.3. The number of carbonyl (C=O) groups is 1. The van der Waals surface area contributed by atoms with Gasteiger partial charge in [-0.3, -0.25) is 4.79 Å². The van der Waals surface area contributed by atoms with Crippen LogP contribution in [0, 0.1) is 5.41 Å². The van der Waals surface area contributed by atoms with E-state index in [0.29, 0.717) is 12.2 Å². The van der Waals surface area contributed by atoms with E-state index in [0.717, 1.165) is 37.6 Å². The standard InChI is InChI=1S/C16H27N3O2S/c1-2-21-10-8-16(6-3-4-7-16)12-18-15(20)13-11-22-14(19-13)5-9-17/h11H,2-10,12,17H2,1H3,(H,18,20). The highest BCUT2D eigenvalue weighted by molar-refractivity contribution is 7.09. The molecule has 1 aromatic heterocycles. The van der Waals surface area contributed by atoms with Crippen molar-refractivity contribution in [2.24, 2.45) is 11.1 Å². The van der Waals surface area contributed by atoms with E-state index in [1.807, 2.05) is 12.3 Å². The van der Waals surface area contributed by atoms with Gasteiger partial charge in [0, 0.05) is 31.6 Å². The average molecular weight is 325 g/mol. The summed E-state index contributed by atoms with van der Waals surface area (Å²) >= 11 is 1.50. The van der Waals surface area contributed by atoms with Gasteiger partial charge in [-0.25, -0.2) is 4.98 Å². The Hall–Kier alpha value is -0.980. The highest BCUT2D eigenvalue weighted by Crippen LogP contribution is 2.40. The maximum Gasteiger partial charge on any atom is 0.270 e. The second-order valence-electron chi connectivity index (χ2n) is 6.00. The molecule has 0 saturated heterocycles. The fourth-order valence-electron chi connectivity index (χ4n) is 3.08. The number of aromatic nitrogens is 1. The molecule has 1 saturated carbocycles. The Kier molecular flexibility index (Phi) is 6.79. The molecular weight excluding hydrogens is 298 g/mol. The van der Waals surface area contributed by atoms with Crippen LogP contribution >= 0.6 is 11.3 Å². The summed E-state index contributed by atoms with van der Waals surface area (Å²) in [5.41, 5.74) is 6.25. The predicted molar refractivity (Wildman–Crippen MR) is 89.2 cm³/mol. The molecule has 0 aliphatic heterocycles. The lowest BCUT2D eigenvalue weighted by molar-refractivity contribution is 0.0859. The first-order chi connectivity index (χ1) is 10.7. The smallest absolute Gasteiger partial charge is 0.270 e. The van der Waals surface area contributed by atoms with E-state index in [2.05, 4.69) is 10.3 Å². The van der Waals surface area contributed by atoms with Crippen LogP contribution in [0.3, 0.4) is 0 Å². The summed E-state index contributed by atoms with van der Waals surface area (Å²) < 4.78 is 5.51. The van der Waals surface area contributed by atoms with E-state index in [4.69, 9.17) is 10.5 Å². The lowest BCUT2D eigenvalue weighted by Gasteiger charge is -2.29. The Morgan fingerprint density at radius 3 is 2.95 bits per heavy atom. The van der Waals surface area contributed by atoms with Gasteiger partial charge in [0.1, 0.15) is 5.69 Å². The van der Waals surface area contributed by atoms with E-state index in [1.54, 1.807) is 0 Å². The molecule has 1 aliphatic rings. The topological polar surface area (TPSA) is 77.2 Å². The minimum Gasteiger partial charge on any atom is -0.382 e. The Morgan fingerprint density at radius 2 is 2.27 bits per heavy atom. The molecule has 1 aromatic rings.